The van der Waals surface area contributed by atoms with E-state index in [9.17, 15) is 14.4 Å². The van der Waals surface area contributed by atoms with E-state index < -0.39 is 23.6 Å². The molecule has 2 heterocycles. The van der Waals surface area contributed by atoms with Gasteiger partial charge in [-0.3, -0.25) is 4.79 Å². The molecule has 0 aliphatic carbocycles. The third-order valence-electron chi connectivity index (χ3n) is 8.55. The maximum absolute atomic E-state index is 12.5. The summed E-state index contributed by atoms with van der Waals surface area (Å²) in [4.78, 5) is 49.9. The van der Waals surface area contributed by atoms with E-state index >= 15 is 0 Å². The number of hydrogen-bond acceptors (Lipinski definition) is 7. The number of benzene rings is 4. The van der Waals surface area contributed by atoms with E-state index in [1.165, 1.54) is 11.6 Å². The van der Waals surface area contributed by atoms with Crippen LogP contribution < -0.4 is 5.32 Å². The van der Waals surface area contributed by atoms with Crippen LogP contribution in [0.5, 0.6) is 0 Å². The summed E-state index contributed by atoms with van der Waals surface area (Å²) in [6.45, 7) is 6.03. The number of ether oxygens (including phenoxy) is 1. The number of carboxylic acids is 1. The minimum absolute atomic E-state index is 0.143. The minimum Gasteiger partial charge on any atom is -0.478 e. The molecule has 274 valence electrons. The average molecular weight is 723 g/mol. The summed E-state index contributed by atoms with van der Waals surface area (Å²) in [5.41, 5.74) is 7.82. The van der Waals surface area contributed by atoms with Crippen molar-refractivity contribution >= 4 is 35.7 Å². The van der Waals surface area contributed by atoms with Gasteiger partial charge in [0.15, 0.2) is 0 Å². The van der Waals surface area contributed by atoms with E-state index in [4.69, 9.17) is 19.7 Å². The van der Waals surface area contributed by atoms with Crippen molar-refractivity contribution in [2.24, 2.45) is 5.16 Å². The molecular weight excluding hydrogens is 681 g/mol. The number of imidazole rings is 1. The van der Waals surface area contributed by atoms with E-state index in [0.717, 1.165) is 63.7 Å². The van der Waals surface area contributed by atoms with Crippen molar-refractivity contribution in [3.63, 3.8) is 0 Å². The van der Waals surface area contributed by atoms with Gasteiger partial charge in [0.1, 0.15) is 11.4 Å². The second-order valence-electron chi connectivity index (χ2n) is 13.9. The minimum atomic E-state index is -1.01. The highest BCUT2D eigenvalue weighted by atomic mass is 16.7. The number of aromatic nitrogens is 2. The lowest BCUT2D eigenvalue weighted by Crippen LogP contribution is -2.32. The van der Waals surface area contributed by atoms with Gasteiger partial charge in [-0.2, -0.15) is 0 Å². The molecule has 6 rings (SSSR count). The number of H-pyrrole nitrogens is 1. The van der Waals surface area contributed by atoms with Crippen LogP contribution in [0.2, 0.25) is 0 Å². The summed E-state index contributed by atoms with van der Waals surface area (Å²) >= 11 is 0. The monoisotopic (exact) mass is 722 g/mol. The Morgan fingerprint density at radius 2 is 1.44 bits per heavy atom. The molecule has 0 saturated heterocycles. The molecule has 0 radical (unpaired) electrons. The Morgan fingerprint density at radius 1 is 0.833 bits per heavy atom. The van der Waals surface area contributed by atoms with Crippen LogP contribution >= 0.6 is 0 Å². The fourth-order valence-corrected chi connectivity index (χ4v) is 5.85. The predicted octanol–water partition coefficient (Wildman–Crippen LogP) is 8.11. The molecule has 3 N–H and O–H groups in total. The normalized spacial score (nSPS) is 14.2. The van der Waals surface area contributed by atoms with Gasteiger partial charge in [0.05, 0.1) is 17.1 Å². The molecule has 10 heteroatoms. The molecule has 0 fully saturated rings. The first kappa shape index (κ1) is 37.2. The van der Waals surface area contributed by atoms with Gasteiger partial charge in [0.2, 0.25) is 12.0 Å². The highest BCUT2D eigenvalue weighted by molar-refractivity contribution is 6.04. The number of amides is 1. The molecule has 5 aromatic rings. The quantitative estimate of drug-likeness (QED) is 0.0633. The van der Waals surface area contributed by atoms with Gasteiger partial charge >= 0.3 is 11.9 Å². The van der Waals surface area contributed by atoms with Gasteiger partial charge < -0.3 is 25.0 Å². The second kappa shape index (κ2) is 16.9. The maximum atomic E-state index is 12.5. The van der Waals surface area contributed by atoms with Gasteiger partial charge in [-0.1, -0.05) is 108 Å². The lowest BCUT2D eigenvalue weighted by atomic mass is 10.00. The fraction of sp³-hybridized carbons (Fsp3) is 0.205. The van der Waals surface area contributed by atoms with Crippen molar-refractivity contribution in [2.75, 3.05) is 6.54 Å². The molecule has 1 aliphatic rings. The van der Waals surface area contributed by atoms with Crippen molar-refractivity contribution in [3.05, 3.63) is 138 Å². The fourth-order valence-electron chi connectivity index (χ4n) is 5.85. The van der Waals surface area contributed by atoms with Crippen molar-refractivity contribution in [1.82, 2.24) is 15.3 Å². The van der Waals surface area contributed by atoms with Gasteiger partial charge in [0.25, 0.3) is 0 Å². The number of carbonyl (C=O) groups is 3. The summed E-state index contributed by atoms with van der Waals surface area (Å²) in [6.07, 6.45) is 7.25. The van der Waals surface area contributed by atoms with E-state index in [0.29, 0.717) is 24.5 Å². The highest BCUT2D eigenvalue weighted by Crippen LogP contribution is 2.34. The molecule has 0 saturated carbocycles. The Kier molecular flexibility index (Phi) is 11.6. The van der Waals surface area contributed by atoms with E-state index in [2.05, 4.69) is 27.6 Å². The largest absolute Gasteiger partial charge is 0.478 e. The van der Waals surface area contributed by atoms with Crippen LogP contribution in [-0.4, -0.2) is 56.9 Å². The zero-order valence-electron chi connectivity index (χ0n) is 30.4. The average Bonchev–Trinajstić information content (AvgIpc) is 3.85. The number of rotatable bonds is 13. The van der Waals surface area contributed by atoms with Gasteiger partial charge in [-0.25, -0.2) is 14.6 Å². The van der Waals surface area contributed by atoms with Gasteiger partial charge in [-0.15, -0.1) is 0 Å². The molecule has 0 spiro atoms. The Morgan fingerprint density at radius 3 is 2.09 bits per heavy atom. The number of aryl methyl sites for hydroxylation is 1. The van der Waals surface area contributed by atoms with Crippen molar-refractivity contribution in [3.8, 4) is 33.9 Å². The summed E-state index contributed by atoms with van der Waals surface area (Å²) in [7, 11) is 0. The van der Waals surface area contributed by atoms with Crippen LogP contribution in [0.1, 0.15) is 55.9 Å². The summed E-state index contributed by atoms with van der Waals surface area (Å²) in [6, 6.07) is 33.3. The van der Waals surface area contributed by atoms with Crippen LogP contribution in [0.4, 0.5) is 0 Å². The Bertz CT molecular complexity index is 2180. The smallest absolute Gasteiger partial charge is 0.351 e. The van der Waals surface area contributed by atoms with Crippen LogP contribution in [0, 0.1) is 0 Å². The lowest BCUT2D eigenvalue weighted by Gasteiger charge is -2.20. The molecule has 0 bridgehead atoms. The molecule has 4 aromatic carbocycles. The van der Waals surface area contributed by atoms with Crippen molar-refractivity contribution in [1.29, 1.82) is 0 Å². The zero-order chi connectivity index (χ0) is 38.1. The number of esters is 1. The first-order valence-corrected chi connectivity index (χ1v) is 17.8. The number of nitrogens with one attached hydrogen (secondary N) is 2. The molecule has 1 unspecified atom stereocenters. The summed E-state index contributed by atoms with van der Waals surface area (Å²) in [5, 5.41) is 16.1. The van der Waals surface area contributed by atoms with Crippen LogP contribution in [-0.2, 0) is 30.4 Å². The van der Waals surface area contributed by atoms with E-state index in [1.54, 1.807) is 12.2 Å². The SMILES string of the molecule is CC(C)(C)OC(=O)C1CC(c2ccc(-c3nc(-c4ccc(/C=C/C(=O)O)cc4)[nH]c3-c3ccc(/C=C/C(=O)NCCCc4ccccc4)cc3)cc2)=NO1. The Balaban J connectivity index is 1.19. The zero-order valence-corrected chi connectivity index (χ0v) is 30.4. The van der Waals surface area contributed by atoms with E-state index in [-0.39, 0.29) is 5.91 Å². The maximum Gasteiger partial charge on any atom is 0.351 e. The van der Waals surface area contributed by atoms with Crippen LogP contribution in [0.3, 0.4) is 0 Å². The molecule has 1 atom stereocenters. The van der Waals surface area contributed by atoms with Crippen LogP contribution in [0.15, 0.2) is 120 Å². The predicted molar refractivity (Wildman–Crippen MR) is 210 cm³/mol. The molecule has 10 nitrogen and oxygen atoms in total. The number of nitrogens with zero attached hydrogens (tertiary/aromatic N) is 2. The number of oxime groups is 1. The summed E-state index contributed by atoms with van der Waals surface area (Å²) in [5.74, 6) is -0.965. The van der Waals surface area contributed by atoms with Crippen molar-refractivity contribution in [2.45, 2.75) is 51.7 Å². The number of aromatic amines is 1. The second-order valence-corrected chi connectivity index (χ2v) is 13.9. The molecule has 1 aromatic heterocycles. The molecule has 54 heavy (non-hydrogen) atoms. The lowest BCUT2D eigenvalue weighted by molar-refractivity contribution is -0.166. The standard InChI is InChI=1S/C44H42N4O6/c1-44(2,3)53-43(52)37-28-36(48-54-37)32-21-23-34(24-22-32)41-40(46-42(47-41)35-19-13-31(14-20-35)16-26-39(50)51)33-17-11-30(12-18-33)15-25-38(49)45-27-7-10-29-8-5-4-6-9-29/h4-6,8-9,11-26,37H,7,10,27-28H2,1-3H3,(H,45,49)(H,46,47)(H,50,51)/b25-15+,26-16+. The van der Waals surface area contributed by atoms with Crippen LogP contribution in [0.25, 0.3) is 46.1 Å². The third kappa shape index (κ3) is 10.1. The first-order chi connectivity index (χ1) is 26.0. The van der Waals surface area contributed by atoms with Gasteiger partial charge in [0, 0.05) is 41.8 Å². The molecule has 1 amide bonds. The highest BCUT2D eigenvalue weighted by Gasteiger charge is 2.33. The first-order valence-electron chi connectivity index (χ1n) is 17.8. The van der Waals surface area contributed by atoms with Gasteiger partial charge in [-0.05, 0) is 68.0 Å². The topological polar surface area (TPSA) is 143 Å². The number of carboxylic acid groups (broad SMARTS) is 1. The Hall–Kier alpha value is -6.55. The van der Waals surface area contributed by atoms with Crippen molar-refractivity contribution < 1.29 is 29.1 Å². The van der Waals surface area contributed by atoms with E-state index in [1.807, 2.05) is 112 Å². The number of carbonyl (C=O) groups excluding carboxylic acids is 2. The molecular formula is C44H42N4O6. The summed E-state index contributed by atoms with van der Waals surface area (Å²) < 4.78 is 5.47. The third-order valence-corrected chi connectivity index (χ3v) is 8.55. The molecule has 1 aliphatic heterocycles. The Labute approximate surface area is 314 Å². The number of hydrogen-bond donors (Lipinski definition) is 3. The number of aliphatic carboxylic acids is 1.